The second kappa shape index (κ2) is 10.1. The summed E-state index contributed by atoms with van der Waals surface area (Å²) in [5, 5.41) is 3.03. The first-order chi connectivity index (χ1) is 14.0. The highest BCUT2D eigenvalue weighted by Crippen LogP contribution is 2.42. The lowest BCUT2D eigenvalue weighted by molar-refractivity contribution is -0.124. The molecule has 1 aliphatic rings. The summed E-state index contributed by atoms with van der Waals surface area (Å²) in [6.45, 7) is 1.02. The second-order valence-electron chi connectivity index (χ2n) is 6.61. The van der Waals surface area contributed by atoms with E-state index in [1.807, 2.05) is 0 Å². The van der Waals surface area contributed by atoms with Gasteiger partial charge >= 0.3 is 0 Å². The van der Waals surface area contributed by atoms with Crippen LogP contribution in [0.5, 0.6) is 0 Å². The molecule has 0 spiro atoms. The summed E-state index contributed by atoms with van der Waals surface area (Å²) in [6.07, 6.45) is 0.689. The fourth-order valence-electron chi connectivity index (χ4n) is 3.13. The number of benzene rings is 2. The number of carbonyl (C=O) groups is 2. The highest BCUT2D eigenvalue weighted by Gasteiger charge is 2.42. The number of thioether (sulfide) groups is 1. The molecule has 0 aromatic heterocycles. The van der Waals surface area contributed by atoms with E-state index in [1.54, 1.807) is 48.4 Å². The van der Waals surface area contributed by atoms with Crippen LogP contribution in [0.4, 0.5) is 4.39 Å². The van der Waals surface area contributed by atoms with Crippen LogP contribution >= 0.6 is 23.4 Å². The van der Waals surface area contributed by atoms with Gasteiger partial charge in [0.25, 0.3) is 5.91 Å². The number of methoxy groups -OCH3 is 1. The van der Waals surface area contributed by atoms with Crippen molar-refractivity contribution in [1.29, 1.82) is 0 Å². The Labute approximate surface area is 178 Å². The van der Waals surface area contributed by atoms with Gasteiger partial charge in [0, 0.05) is 36.6 Å². The molecule has 1 saturated heterocycles. The predicted octanol–water partition coefficient (Wildman–Crippen LogP) is 3.89. The summed E-state index contributed by atoms with van der Waals surface area (Å²) in [6, 6.07) is 12.0. The summed E-state index contributed by atoms with van der Waals surface area (Å²) in [4.78, 5) is 27.7. The van der Waals surface area contributed by atoms with Gasteiger partial charge in [0.1, 0.15) is 17.2 Å². The molecule has 0 radical (unpaired) electrons. The predicted molar refractivity (Wildman–Crippen MR) is 113 cm³/mol. The molecule has 2 unspecified atom stereocenters. The molecule has 2 aromatic rings. The summed E-state index contributed by atoms with van der Waals surface area (Å²) in [5.74, 6) is -0.365. The standard InChI is InChI=1S/C21H22ClFN2O3S/c1-28-12-2-11-24-19(26)18-13-29-21(15-5-9-17(23)10-6-15)25(18)20(27)14-3-7-16(22)8-4-14/h3-10,18,21H,2,11-13H2,1H3,(H,24,26). The van der Waals surface area contributed by atoms with Crippen molar-refractivity contribution in [2.24, 2.45) is 0 Å². The summed E-state index contributed by atoms with van der Waals surface area (Å²) in [5.41, 5.74) is 1.22. The fraction of sp³-hybridized carbons (Fsp3) is 0.333. The number of nitrogens with one attached hydrogen (secondary N) is 1. The van der Waals surface area contributed by atoms with Gasteiger partial charge in [0.2, 0.25) is 5.91 Å². The minimum absolute atomic E-state index is 0.208. The first kappa shape index (κ1) is 21.6. The molecule has 29 heavy (non-hydrogen) atoms. The minimum Gasteiger partial charge on any atom is -0.385 e. The van der Waals surface area contributed by atoms with Gasteiger partial charge in [0.15, 0.2) is 0 Å². The maximum atomic E-state index is 13.4. The van der Waals surface area contributed by atoms with E-state index in [0.717, 1.165) is 5.56 Å². The molecular formula is C21H22ClFN2O3S. The SMILES string of the molecule is COCCCNC(=O)C1CSC(c2ccc(F)cc2)N1C(=O)c1ccc(Cl)cc1. The van der Waals surface area contributed by atoms with Crippen LogP contribution in [0.3, 0.4) is 0 Å². The molecule has 8 heteroatoms. The number of amides is 2. The average Bonchev–Trinajstić information content (AvgIpc) is 3.17. The first-order valence-electron chi connectivity index (χ1n) is 9.23. The third kappa shape index (κ3) is 5.29. The van der Waals surface area contributed by atoms with E-state index >= 15 is 0 Å². The van der Waals surface area contributed by atoms with E-state index in [2.05, 4.69) is 5.32 Å². The topological polar surface area (TPSA) is 58.6 Å². The van der Waals surface area contributed by atoms with Gasteiger partial charge in [-0.1, -0.05) is 23.7 Å². The van der Waals surface area contributed by atoms with Crippen LogP contribution in [0.1, 0.15) is 27.7 Å². The molecule has 154 valence electrons. The van der Waals surface area contributed by atoms with Crippen molar-refractivity contribution < 1.29 is 18.7 Å². The molecule has 2 atom stereocenters. The van der Waals surface area contributed by atoms with Crippen molar-refractivity contribution in [3.05, 3.63) is 70.5 Å². The van der Waals surface area contributed by atoms with E-state index in [1.165, 1.54) is 23.9 Å². The van der Waals surface area contributed by atoms with Crippen LogP contribution in [-0.4, -0.2) is 48.8 Å². The van der Waals surface area contributed by atoms with Gasteiger partial charge in [-0.3, -0.25) is 9.59 Å². The van der Waals surface area contributed by atoms with Crippen molar-refractivity contribution in [2.45, 2.75) is 17.8 Å². The molecule has 0 saturated carbocycles. The number of carbonyl (C=O) groups excluding carboxylic acids is 2. The number of hydrogen-bond acceptors (Lipinski definition) is 4. The first-order valence-corrected chi connectivity index (χ1v) is 10.7. The lowest BCUT2D eigenvalue weighted by Gasteiger charge is -2.29. The van der Waals surface area contributed by atoms with E-state index in [0.29, 0.717) is 35.9 Å². The molecule has 2 aromatic carbocycles. The molecule has 1 fully saturated rings. The van der Waals surface area contributed by atoms with Gasteiger partial charge in [-0.15, -0.1) is 11.8 Å². The highest BCUT2D eigenvalue weighted by molar-refractivity contribution is 7.99. The Balaban J connectivity index is 1.85. The normalized spacial score (nSPS) is 18.7. The number of nitrogens with zero attached hydrogens (tertiary/aromatic N) is 1. The molecule has 2 amide bonds. The third-order valence-electron chi connectivity index (χ3n) is 4.61. The van der Waals surface area contributed by atoms with Crippen LogP contribution in [0.25, 0.3) is 0 Å². The maximum absolute atomic E-state index is 13.4. The smallest absolute Gasteiger partial charge is 0.255 e. The van der Waals surface area contributed by atoms with Crippen molar-refractivity contribution >= 4 is 35.2 Å². The molecule has 5 nitrogen and oxygen atoms in total. The molecule has 1 heterocycles. The Hall–Kier alpha value is -2.09. The van der Waals surface area contributed by atoms with Crippen LogP contribution in [-0.2, 0) is 9.53 Å². The quantitative estimate of drug-likeness (QED) is 0.669. The Kier molecular flexibility index (Phi) is 7.52. The second-order valence-corrected chi connectivity index (χ2v) is 8.16. The van der Waals surface area contributed by atoms with E-state index < -0.39 is 6.04 Å². The summed E-state index contributed by atoms with van der Waals surface area (Å²) >= 11 is 7.43. The number of ether oxygens (including phenoxy) is 1. The van der Waals surface area contributed by atoms with Crippen LogP contribution in [0.2, 0.25) is 5.02 Å². The van der Waals surface area contributed by atoms with Crippen LogP contribution in [0, 0.1) is 5.82 Å². The zero-order valence-electron chi connectivity index (χ0n) is 15.9. The van der Waals surface area contributed by atoms with Gasteiger partial charge in [-0.25, -0.2) is 4.39 Å². The number of halogens is 2. The zero-order chi connectivity index (χ0) is 20.8. The monoisotopic (exact) mass is 436 g/mol. The molecule has 0 aliphatic carbocycles. The Bertz CT molecular complexity index is 848. The number of hydrogen-bond donors (Lipinski definition) is 1. The molecule has 3 rings (SSSR count). The molecular weight excluding hydrogens is 415 g/mol. The Morgan fingerprint density at radius 1 is 1.21 bits per heavy atom. The minimum atomic E-state index is -0.624. The van der Waals surface area contributed by atoms with Gasteiger partial charge in [-0.05, 0) is 48.4 Å². The fourth-order valence-corrected chi connectivity index (χ4v) is 4.68. The summed E-state index contributed by atoms with van der Waals surface area (Å²) in [7, 11) is 1.61. The molecule has 1 N–H and O–H groups in total. The van der Waals surface area contributed by atoms with Crippen molar-refractivity contribution in [2.75, 3.05) is 26.0 Å². The average molecular weight is 437 g/mol. The van der Waals surface area contributed by atoms with Gasteiger partial charge < -0.3 is 15.0 Å². The van der Waals surface area contributed by atoms with Gasteiger partial charge in [0.05, 0.1) is 0 Å². The maximum Gasteiger partial charge on any atom is 0.255 e. The lowest BCUT2D eigenvalue weighted by Crippen LogP contribution is -2.48. The van der Waals surface area contributed by atoms with Crippen molar-refractivity contribution in [1.82, 2.24) is 10.2 Å². The van der Waals surface area contributed by atoms with Crippen molar-refractivity contribution in [3.8, 4) is 0 Å². The number of rotatable bonds is 7. The van der Waals surface area contributed by atoms with Gasteiger partial charge in [-0.2, -0.15) is 0 Å². The molecule has 0 bridgehead atoms. The van der Waals surface area contributed by atoms with E-state index in [4.69, 9.17) is 16.3 Å². The van der Waals surface area contributed by atoms with Crippen LogP contribution in [0.15, 0.2) is 48.5 Å². The van der Waals surface area contributed by atoms with E-state index in [9.17, 15) is 14.0 Å². The zero-order valence-corrected chi connectivity index (χ0v) is 17.5. The van der Waals surface area contributed by atoms with E-state index in [-0.39, 0.29) is 23.0 Å². The largest absolute Gasteiger partial charge is 0.385 e. The van der Waals surface area contributed by atoms with Crippen LogP contribution < -0.4 is 5.32 Å². The van der Waals surface area contributed by atoms with Crippen molar-refractivity contribution in [3.63, 3.8) is 0 Å². The Morgan fingerprint density at radius 2 is 1.90 bits per heavy atom. The third-order valence-corrected chi connectivity index (χ3v) is 6.18. The lowest BCUT2D eigenvalue weighted by atomic mass is 10.1. The Morgan fingerprint density at radius 3 is 2.55 bits per heavy atom. The molecule has 1 aliphatic heterocycles. The summed E-state index contributed by atoms with van der Waals surface area (Å²) < 4.78 is 18.4. The highest BCUT2D eigenvalue weighted by atomic mass is 35.5.